The van der Waals surface area contributed by atoms with Gasteiger partial charge in [-0.3, -0.25) is 14.3 Å². The minimum atomic E-state index is -0.307. The lowest BCUT2D eigenvalue weighted by Gasteiger charge is -2.35. The Labute approximate surface area is 195 Å². The van der Waals surface area contributed by atoms with E-state index in [1.165, 1.54) is 12.1 Å². The number of hydrogen-bond donors (Lipinski definition) is 0. The van der Waals surface area contributed by atoms with Gasteiger partial charge in [-0.1, -0.05) is 29.8 Å². The lowest BCUT2D eigenvalue weighted by Crippen LogP contribution is -2.48. The molecule has 3 aromatic rings. The van der Waals surface area contributed by atoms with E-state index in [2.05, 4.69) is 10.00 Å². The van der Waals surface area contributed by atoms with Crippen LogP contribution in [0.15, 0.2) is 54.6 Å². The standard InChI is InChI=1S/C24H23ClFN5O2/c25-18-2-1-3-20(14-18)28-8-10-29(11-9-28)23(32)21-15-22-24(33)30(12-13-31(22)27-21)16-17-4-6-19(26)7-5-17/h1-7,14-15H,8-13,16H2. The van der Waals surface area contributed by atoms with E-state index in [4.69, 9.17) is 11.6 Å². The van der Waals surface area contributed by atoms with Crippen molar-refractivity contribution in [3.63, 3.8) is 0 Å². The van der Waals surface area contributed by atoms with Gasteiger partial charge in [-0.05, 0) is 35.9 Å². The molecule has 0 radical (unpaired) electrons. The zero-order chi connectivity index (χ0) is 22.9. The summed E-state index contributed by atoms with van der Waals surface area (Å²) in [7, 11) is 0. The Morgan fingerprint density at radius 1 is 0.970 bits per heavy atom. The average Bonchev–Trinajstić information content (AvgIpc) is 3.27. The van der Waals surface area contributed by atoms with Crippen LogP contribution in [-0.4, -0.2) is 64.1 Å². The zero-order valence-electron chi connectivity index (χ0n) is 18.0. The Morgan fingerprint density at radius 3 is 2.45 bits per heavy atom. The highest BCUT2D eigenvalue weighted by Gasteiger charge is 2.30. The van der Waals surface area contributed by atoms with Crippen molar-refractivity contribution in [1.82, 2.24) is 19.6 Å². The van der Waals surface area contributed by atoms with Crippen LogP contribution in [0.3, 0.4) is 0 Å². The van der Waals surface area contributed by atoms with Crippen molar-refractivity contribution < 1.29 is 14.0 Å². The number of carbonyl (C=O) groups excluding carboxylic acids is 2. The van der Waals surface area contributed by atoms with Crippen LogP contribution < -0.4 is 4.90 Å². The van der Waals surface area contributed by atoms with Gasteiger partial charge >= 0.3 is 0 Å². The summed E-state index contributed by atoms with van der Waals surface area (Å²) < 4.78 is 14.8. The molecule has 2 aromatic carbocycles. The molecule has 1 aromatic heterocycles. The van der Waals surface area contributed by atoms with Crippen LogP contribution in [0.25, 0.3) is 0 Å². The van der Waals surface area contributed by atoms with Crippen molar-refractivity contribution in [1.29, 1.82) is 0 Å². The summed E-state index contributed by atoms with van der Waals surface area (Å²) >= 11 is 6.10. The van der Waals surface area contributed by atoms with Gasteiger partial charge in [0, 0.05) is 56.0 Å². The van der Waals surface area contributed by atoms with Crippen molar-refractivity contribution in [3.05, 3.63) is 82.4 Å². The number of fused-ring (bicyclic) bond motifs is 1. The Morgan fingerprint density at radius 2 is 1.73 bits per heavy atom. The molecular formula is C24H23ClFN5O2. The number of hydrogen-bond acceptors (Lipinski definition) is 4. The SMILES string of the molecule is O=C(c1cc2n(n1)CCN(Cc1ccc(F)cc1)C2=O)N1CCN(c2cccc(Cl)c2)CC1. The van der Waals surface area contributed by atoms with Crippen molar-refractivity contribution in [2.45, 2.75) is 13.1 Å². The number of anilines is 1. The molecule has 2 aliphatic heterocycles. The smallest absolute Gasteiger partial charge is 0.274 e. The molecule has 2 aliphatic rings. The Hall–Kier alpha value is -3.39. The lowest BCUT2D eigenvalue weighted by molar-refractivity contribution is 0.0680. The molecule has 33 heavy (non-hydrogen) atoms. The number of nitrogens with zero attached hydrogens (tertiary/aromatic N) is 5. The van der Waals surface area contributed by atoms with Crippen LogP contribution in [0.1, 0.15) is 26.5 Å². The number of carbonyl (C=O) groups is 2. The van der Waals surface area contributed by atoms with Gasteiger partial charge in [-0.2, -0.15) is 5.10 Å². The minimum absolute atomic E-state index is 0.166. The number of halogens is 2. The summed E-state index contributed by atoms with van der Waals surface area (Å²) in [6, 6.07) is 15.4. The lowest BCUT2D eigenvalue weighted by atomic mass is 10.2. The van der Waals surface area contributed by atoms with E-state index in [0.717, 1.165) is 11.3 Å². The number of amides is 2. The molecule has 5 rings (SSSR count). The highest BCUT2D eigenvalue weighted by atomic mass is 35.5. The van der Waals surface area contributed by atoms with Crippen LogP contribution in [0.2, 0.25) is 5.02 Å². The number of aromatic nitrogens is 2. The van der Waals surface area contributed by atoms with E-state index in [1.807, 2.05) is 24.3 Å². The molecule has 0 saturated carbocycles. The fourth-order valence-corrected chi connectivity index (χ4v) is 4.49. The van der Waals surface area contributed by atoms with E-state index in [0.29, 0.717) is 56.5 Å². The highest BCUT2D eigenvalue weighted by molar-refractivity contribution is 6.30. The summed E-state index contributed by atoms with van der Waals surface area (Å²) in [4.78, 5) is 31.7. The van der Waals surface area contributed by atoms with Crippen LogP contribution in [0.5, 0.6) is 0 Å². The topological polar surface area (TPSA) is 61.7 Å². The minimum Gasteiger partial charge on any atom is -0.368 e. The Bertz CT molecular complexity index is 1190. The maximum atomic E-state index is 13.2. The molecule has 0 spiro atoms. The van der Waals surface area contributed by atoms with Crippen molar-refractivity contribution >= 4 is 29.1 Å². The maximum Gasteiger partial charge on any atom is 0.274 e. The fraction of sp³-hybridized carbons (Fsp3) is 0.292. The van der Waals surface area contributed by atoms with Gasteiger partial charge in [0.15, 0.2) is 5.69 Å². The maximum absolute atomic E-state index is 13.2. The molecular weight excluding hydrogens is 445 g/mol. The van der Waals surface area contributed by atoms with Gasteiger partial charge in [0.25, 0.3) is 11.8 Å². The molecule has 7 nitrogen and oxygen atoms in total. The average molecular weight is 468 g/mol. The first-order valence-corrected chi connectivity index (χ1v) is 11.3. The Balaban J connectivity index is 1.24. The predicted molar refractivity (Wildman–Crippen MR) is 123 cm³/mol. The second kappa shape index (κ2) is 8.86. The second-order valence-electron chi connectivity index (χ2n) is 8.25. The summed E-state index contributed by atoms with van der Waals surface area (Å²) in [6.45, 7) is 3.92. The van der Waals surface area contributed by atoms with E-state index in [1.54, 1.807) is 32.7 Å². The zero-order valence-corrected chi connectivity index (χ0v) is 18.7. The fourth-order valence-electron chi connectivity index (χ4n) is 4.31. The molecule has 0 atom stereocenters. The number of benzene rings is 2. The monoisotopic (exact) mass is 467 g/mol. The van der Waals surface area contributed by atoms with Crippen LogP contribution >= 0.6 is 11.6 Å². The third-order valence-corrected chi connectivity index (χ3v) is 6.35. The molecule has 0 unspecified atom stereocenters. The summed E-state index contributed by atoms with van der Waals surface area (Å²) in [5, 5.41) is 5.10. The van der Waals surface area contributed by atoms with Crippen molar-refractivity contribution in [3.8, 4) is 0 Å². The van der Waals surface area contributed by atoms with Gasteiger partial charge in [-0.15, -0.1) is 0 Å². The van der Waals surface area contributed by atoms with Gasteiger partial charge in [-0.25, -0.2) is 4.39 Å². The van der Waals surface area contributed by atoms with E-state index in [9.17, 15) is 14.0 Å². The van der Waals surface area contributed by atoms with Gasteiger partial charge in [0.2, 0.25) is 0 Å². The third kappa shape index (κ3) is 4.43. The van der Waals surface area contributed by atoms with Gasteiger partial charge < -0.3 is 14.7 Å². The van der Waals surface area contributed by atoms with Crippen LogP contribution in [0.4, 0.5) is 10.1 Å². The largest absolute Gasteiger partial charge is 0.368 e. The quantitative estimate of drug-likeness (QED) is 0.590. The van der Waals surface area contributed by atoms with Crippen LogP contribution in [0, 0.1) is 5.82 Å². The van der Waals surface area contributed by atoms with Crippen LogP contribution in [-0.2, 0) is 13.1 Å². The second-order valence-corrected chi connectivity index (χ2v) is 8.69. The molecule has 0 bridgehead atoms. The summed E-state index contributed by atoms with van der Waals surface area (Å²) in [6.07, 6.45) is 0. The summed E-state index contributed by atoms with van der Waals surface area (Å²) in [5.41, 5.74) is 2.59. The molecule has 3 heterocycles. The molecule has 0 aliphatic carbocycles. The molecule has 1 fully saturated rings. The third-order valence-electron chi connectivity index (χ3n) is 6.11. The van der Waals surface area contributed by atoms with Gasteiger partial charge in [0.1, 0.15) is 11.5 Å². The van der Waals surface area contributed by atoms with Crippen molar-refractivity contribution in [2.75, 3.05) is 37.6 Å². The van der Waals surface area contributed by atoms with E-state index < -0.39 is 0 Å². The molecule has 0 N–H and O–H groups in total. The molecule has 9 heteroatoms. The first-order valence-electron chi connectivity index (χ1n) is 10.9. The Kier molecular flexibility index (Phi) is 5.76. The first-order chi connectivity index (χ1) is 16.0. The van der Waals surface area contributed by atoms with E-state index in [-0.39, 0.29) is 23.3 Å². The molecule has 2 amide bonds. The normalized spacial score (nSPS) is 16.2. The van der Waals surface area contributed by atoms with Gasteiger partial charge in [0.05, 0.1) is 6.54 Å². The number of piperazine rings is 1. The number of rotatable bonds is 4. The van der Waals surface area contributed by atoms with Crippen molar-refractivity contribution in [2.24, 2.45) is 0 Å². The molecule has 1 saturated heterocycles. The first kappa shape index (κ1) is 21.5. The van der Waals surface area contributed by atoms with E-state index >= 15 is 0 Å². The molecule has 170 valence electrons. The highest BCUT2D eigenvalue weighted by Crippen LogP contribution is 2.22. The predicted octanol–water partition coefficient (Wildman–Crippen LogP) is 3.29. The summed E-state index contributed by atoms with van der Waals surface area (Å²) in [5.74, 6) is -0.651.